The van der Waals surface area contributed by atoms with Gasteiger partial charge in [-0.3, -0.25) is 0 Å². The number of carbonyl (C=O) groups excluding carboxylic acids is 3. The van der Waals surface area contributed by atoms with Crippen LogP contribution in [-0.4, -0.2) is 67.7 Å². The van der Waals surface area contributed by atoms with Crippen LogP contribution in [0.1, 0.15) is 60.8 Å². The quantitative estimate of drug-likeness (QED) is 0.131. The molecule has 3 amide bonds. The summed E-state index contributed by atoms with van der Waals surface area (Å²) in [6.45, 7) is 4.90. The third-order valence-electron chi connectivity index (χ3n) is 8.76. The molecule has 1 heterocycles. The summed E-state index contributed by atoms with van der Waals surface area (Å²) in [5, 5.41) is 21.6. The van der Waals surface area contributed by atoms with Crippen LogP contribution >= 0.6 is 0 Å². The minimum atomic E-state index is -1.22. The summed E-state index contributed by atoms with van der Waals surface area (Å²) in [4.78, 5) is 39.9. The SMILES string of the molecule is [B]=C(O)C[C@H](NC(=O)CCc1cccc(F)c1)C(=O)NC(CCc1ccccc1)C(=O)NCc1cc(OCCC2CCCNC2)ccc1C. The number of rotatable bonds is 18. The van der Waals surface area contributed by atoms with Crippen LogP contribution in [-0.2, 0) is 33.8 Å². The standard InChI is InChI=1S/C38H47BFN4O5/c1-26-12-15-32(49-20-18-29-10-6-19-41-24-29)22-30(26)25-42-37(47)33(16-13-27-7-3-2-4-8-27)44-38(48)34(23-35(39)45)43-36(46)17-14-28-9-5-11-31(40)21-28/h2-5,7-9,11-12,15,21-22,29,33-34,41,45H,6,10,13-14,16-20,23-25H2,1H3,(H,42,47)(H,43,46)(H,44,48)/t29?,33?,34-/m0/s1. The molecular formula is C38H47BFN4O5. The number of aryl methyl sites for hydroxylation is 3. The van der Waals surface area contributed by atoms with Crippen molar-refractivity contribution in [3.8, 4) is 5.75 Å². The van der Waals surface area contributed by atoms with Crippen molar-refractivity contribution >= 4 is 30.9 Å². The molecule has 5 N–H and O–H groups in total. The van der Waals surface area contributed by atoms with E-state index in [0.717, 1.165) is 42.0 Å². The summed E-state index contributed by atoms with van der Waals surface area (Å²) < 4.78 is 19.6. The van der Waals surface area contributed by atoms with Crippen LogP contribution in [0, 0.1) is 18.7 Å². The number of halogens is 1. The Balaban J connectivity index is 1.38. The first-order valence-electron chi connectivity index (χ1n) is 17.1. The van der Waals surface area contributed by atoms with Crippen LogP contribution in [0.25, 0.3) is 0 Å². The van der Waals surface area contributed by atoms with Crippen LogP contribution in [0.3, 0.4) is 0 Å². The van der Waals surface area contributed by atoms with Crippen molar-refractivity contribution in [3.05, 3.63) is 101 Å². The van der Waals surface area contributed by atoms with Crippen molar-refractivity contribution in [2.24, 2.45) is 5.92 Å². The first kappa shape index (κ1) is 37.3. The molecule has 0 spiro atoms. The molecular weight excluding hydrogens is 622 g/mol. The predicted molar refractivity (Wildman–Crippen MR) is 189 cm³/mol. The molecule has 3 aromatic rings. The molecule has 0 aromatic heterocycles. The van der Waals surface area contributed by atoms with Crippen molar-refractivity contribution < 1.29 is 28.6 Å². The normalized spacial score (nSPS) is 15.4. The van der Waals surface area contributed by atoms with Gasteiger partial charge in [0.15, 0.2) is 0 Å². The van der Waals surface area contributed by atoms with Gasteiger partial charge in [0.2, 0.25) is 0 Å². The summed E-state index contributed by atoms with van der Waals surface area (Å²) in [5.41, 5.74) is 2.97. The van der Waals surface area contributed by atoms with E-state index in [1.54, 1.807) is 12.1 Å². The summed E-state index contributed by atoms with van der Waals surface area (Å²) in [6, 6.07) is 19.2. The van der Waals surface area contributed by atoms with Crippen molar-refractivity contribution in [2.45, 2.75) is 76.9 Å². The Morgan fingerprint density at radius 1 is 0.980 bits per heavy atom. The first-order valence-corrected chi connectivity index (χ1v) is 17.1. The predicted octanol–water partition coefficient (Wildman–Crippen LogP) is 3.82. The van der Waals surface area contributed by atoms with Crippen molar-refractivity contribution in [1.29, 1.82) is 0 Å². The first-order chi connectivity index (χ1) is 23.7. The van der Waals surface area contributed by atoms with Crippen molar-refractivity contribution in [1.82, 2.24) is 21.3 Å². The Morgan fingerprint density at radius 2 is 1.78 bits per heavy atom. The topological polar surface area (TPSA) is 129 Å². The molecule has 1 fully saturated rings. The Hall–Kier alpha value is -4.51. The van der Waals surface area contributed by atoms with E-state index in [4.69, 9.17) is 12.2 Å². The van der Waals surface area contributed by atoms with Gasteiger partial charge in [-0.1, -0.05) is 0 Å². The number of aliphatic hydroxyl groups excluding tert-OH is 1. The molecule has 3 atom stereocenters. The number of hydrogen-bond acceptors (Lipinski definition) is 6. The third-order valence-corrected chi connectivity index (χ3v) is 8.76. The van der Waals surface area contributed by atoms with E-state index in [-0.39, 0.29) is 32.2 Å². The van der Waals surface area contributed by atoms with Gasteiger partial charge in [0.1, 0.15) is 0 Å². The fourth-order valence-corrected chi connectivity index (χ4v) is 5.88. The summed E-state index contributed by atoms with van der Waals surface area (Å²) in [5.74, 6) is -0.594. The van der Waals surface area contributed by atoms with Crippen LogP contribution in [0.5, 0.6) is 5.75 Å². The molecule has 1 aliphatic rings. The van der Waals surface area contributed by atoms with E-state index in [1.807, 2.05) is 55.5 Å². The van der Waals surface area contributed by atoms with Gasteiger partial charge in [-0.25, -0.2) is 0 Å². The fraction of sp³-hybridized carbons (Fsp3) is 0.421. The van der Waals surface area contributed by atoms with Gasteiger partial charge < -0.3 is 10.1 Å². The monoisotopic (exact) mass is 669 g/mol. The summed E-state index contributed by atoms with van der Waals surface area (Å²) in [6.07, 6.45) is 4.07. The molecule has 1 aliphatic heterocycles. The fourth-order valence-electron chi connectivity index (χ4n) is 5.88. The molecule has 0 saturated carbocycles. The van der Waals surface area contributed by atoms with E-state index in [9.17, 15) is 23.9 Å². The zero-order chi connectivity index (χ0) is 35.0. The van der Waals surface area contributed by atoms with Crippen LogP contribution < -0.4 is 26.0 Å². The molecule has 0 aliphatic carbocycles. The zero-order valence-corrected chi connectivity index (χ0v) is 28.2. The number of piperidine rings is 1. The number of benzene rings is 3. The average Bonchev–Trinajstić information content (AvgIpc) is 3.09. The van der Waals surface area contributed by atoms with E-state index in [2.05, 4.69) is 21.3 Å². The van der Waals surface area contributed by atoms with Gasteiger partial charge in [-0.15, -0.1) is 0 Å². The van der Waals surface area contributed by atoms with Crippen molar-refractivity contribution in [2.75, 3.05) is 19.7 Å². The maximum atomic E-state index is 13.6. The number of hydrogen-bond donors (Lipinski definition) is 5. The van der Waals surface area contributed by atoms with Crippen LogP contribution in [0.2, 0.25) is 0 Å². The molecule has 9 nitrogen and oxygen atoms in total. The molecule has 49 heavy (non-hydrogen) atoms. The zero-order valence-electron chi connectivity index (χ0n) is 28.2. The van der Waals surface area contributed by atoms with E-state index < -0.39 is 41.3 Å². The van der Waals surface area contributed by atoms with Crippen molar-refractivity contribution in [3.63, 3.8) is 0 Å². The molecule has 4 rings (SSSR count). The number of amides is 3. The van der Waals surface area contributed by atoms with E-state index in [1.165, 1.54) is 25.0 Å². The molecule has 11 heteroatoms. The minimum absolute atomic E-state index is 0.0175. The third kappa shape index (κ3) is 13.1. The Labute approximate surface area is 289 Å². The molecule has 1 saturated heterocycles. The second-order valence-electron chi connectivity index (χ2n) is 12.7. The van der Waals surface area contributed by atoms with Crippen LogP contribution in [0.15, 0.2) is 72.8 Å². The van der Waals surface area contributed by atoms with Crippen LogP contribution in [0.4, 0.5) is 4.39 Å². The van der Waals surface area contributed by atoms with Gasteiger partial charge in [0, 0.05) is 0 Å². The average molecular weight is 670 g/mol. The van der Waals surface area contributed by atoms with Gasteiger partial charge >= 0.3 is 229 Å². The Morgan fingerprint density at radius 3 is 2.51 bits per heavy atom. The molecule has 3 aromatic carbocycles. The molecule has 1 radical (unpaired) electrons. The molecule has 0 bridgehead atoms. The van der Waals surface area contributed by atoms with Gasteiger partial charge in [-0.2, -0.15) is 0 Å². The van der Waals surface area contributed by atoms with Gasteiger partial charge in [0.25, 0.3) is 0 Å². The molecule has 259 valence electrons. The Bertz CT molecular complexity index is 1550. The Kier molecular flexibility index (Phi) is 14.8. The number of aliphatic hydroxyl groups is 1. The number of ether oxygens (including phenoxy) is 1. The molecule has 2 unspecified atom stereocenters. The summed E-state index contributed by atoms with van der Waals surface area (Å²) >= 11 is 0. The number of carbonyl (C=O) groups is 3. The maximum absolute atomic E-state index is 13.6. The van der Waals surface area contributed by atoms with Gasteiger partial charge in [-0.05, 0) is 44.3 Å². The second-order valence-corrected chi connectivity index (χ2v) is 12.7. The number of nitrogens with one attached hydrogen (secondary N) is 4. The van der Waals surface area contributed by atoms with E-state index >= 15 is 0 Å². The second kappa shape index (κ2) is 19.5. The van der Waals surface area contributed by atoms with E-state index in [0.29, 0.717) is 24.5 Å². The van der Waals surface area contributed by atoms with Gasteiger partial charge in [0.05, 0.1) is 6.61 Å². The summed E-state index contributed by atoms with van der Waals surface area (Å²) in [7, 11) is 5.53.